The number of hydrogen-bond donors (Lipinski definition) is 1. The monoisotopic (exact) mass is 284 g/mol. The number of nitrogen functional groups attached to an aromatic ring is 1. The molecule has 3 rings (SSSR count). The molecule has 21 heavy (non-hydrogen) atoms. The van der Waals surface area contributed by atoms with Crippen LogP contribution in [0, 0.1) is 6.92 Å². The van der Waals surface area contributed by atoms with Gasteiger partial charge >= 0.3 is 0 Å². The largest absolute Gasteiger partial charge is 0.481 e. The maximum absolute atomic E-state index is 6.08. The lowest BCUT2D eigenvalue weighted by Crippen LogP contribution is -2.27. The Balaban J connectivity index is 1.94. The number of ether oxygens (including phenoxy) is 1. The van der Waals surface area contributed by atoms with Gasteiger partial charge in [0.25, 0.3) is 0 Å². The van der Waals surface area contributed by atoms with Crippen LogP contribution in [0.5, 0.6) is 5.88 Å². The van der Waals surface area contributed by atoms with Crippen LogP contribution in [0.15, 0.2) is 30.6 Å². The second kappa shape index (κ2) is 5.60. The standard InChI is InChI=1S/C16H20N4O/c1-11-15(18-10-19-16(11)21-2)20(13-7-8-13)9-12-5-3-4-6-14(12)17/h3-6,10,13H,7-9,17H2,1-2H3. The highest BCUT2D eigenvalue weighted by molar-refractivity contribution is 5.55. The fourth-order valence-electron chi connectivity index (χ4n) is 2.55. The van der Waals surface area contributed by atoms with Gasteiger partial charge in [0.05, 0.1) is 12.7 Å². The predicted molar refractivity (Wildman–Crippen MR) is 83.4 cm³/mol. The highest BCUT2D eigenvalue weighted by atomic mass is 16.5. The van der Waals surface area contributed by atoms with Crippen molar-refractivity contribution in [2.24, 2.45) is 0 Å². The van der Waals surface area contributed by atoms with Gasteiger partial charge in [0.1, 0.15) is 12.1 Å². The van der Waals surface area contributed by atoms with Crippen LogP contribution in [0.25, 0.3) is 0 Å². The van der Waals surface area contributed by atoms with Crippen molar-refractivity contribution < 1.29 is 4.74 Å². The summed E-state index contributed by atoms with van der Waals surface area (Å²) < 4.78 is 5.31. The van der Waals surface area contributed by atoms with Crippen LogP contribution in [0.3, 0.4) is 0 Å². The minimum atomic E-state index is 0.530. The van der Waals surface area contributed by atoms with E-state index in [1.807, 2.05) is 25.1 Å². The van der Waals surface area contributed by atoms with Gasteiger partial charge in [0.15, 0.2) is 0 Å². The van der Waals surface area contributed by atoms with Crippen LogP contribution in [0.2, 0.25) is 0 Å². The summed E-state index contributed by atoms with van der Waals surface area (Å²) in [5, 5.41) is 0. The molecule has 5 heteroatoms. The quantitative estimate of drug-likeness (QED) is 0.855. The third-order valence-corrected chi connectivity index (χ3v) is 3.86. The van der Waals surface area contributed by atoms with Gasteiger partial charge < -0.3 is 15.4 Å². The number of para-hydroxylation sites is 1. The minimum Gasteiger partial charge on any atom is -0.481 e. The van der Waals surface area contributed by atoms with E-state index >= 15 is 0 Å². The van der Waals surface area contributed by atoms with Gasteiger partial charge in [-0.05, 0) is 31.4 Å². The SMILES string of the molecule is COc1ncnc(N(Cc2ccccc2N)C2CC2)c1C. The third-order valence-electron chi connectivity index (χ3n) is 3.86. The van der Waals surface area contributed by atoms with Gasteiger partial charge in [-0.3, -0.25) is 0 Å². The molecule has 110 valence electrons. The van der Waals surface area contributed by atoms with Crippen molar-refractivity contribution in [3.63, 3.8) is 0 Å². The number of methoxy groups -OCH3 is 1. The molecule has 1 aliphatic carbocycles. The first-order valence-electron chi connectivity index (χ1n) is 7.16. The van der Waals surface area contributed by atoms with Crippen LogP contribution in [-0.2, 0) is 6.54 Å². The third kappa shape index (κ3) is 2.77. The van der Waals surface area contributed by atoms with E-state index in [1.54, 1.807) is 13.4 Å². The van der Waals surface area contributed by atoms with Crippen molar-refractivity contribution in [1.82, 2.24) is 9.97 Å². The molecule has 1 aromatic heterocycles. The summed E-state index contributed by atoms with van der Waals surface area (Å²) in [6.45, 7) is 2.76. The zero-order valence-electron chi connectivity index (χ0n) is 12.4. The zero-order chi connectivity index (χ0) is 14.8. The van der Waals surface area contributed by atoms with E-state index in [2.05, 4.69) is 20.9 Å². The lowest BCUT2D eigenvalue weighted by molar-refractivity contribution is 0.393. The first-order valence-corrected chi connectivity index (χ1v) is 7.16. The highest BCUT2D eigenvalue weighted by Gasteiger charge is 2.32. The molecule has 2 N–H and O–H groups in total. The summed E-state index contributed by atoms with van der Waals surface area (Å²) in [6.07, 6.45) is 3.95. The number of benzene rings is 1. The van der Waals surface area contributed by atoms with Gasteiger partial charge in [-0.25, -0.2) is 9.97 Å². The second-order valence-electron chi connectivity index (χ2n) is 5.39. The molecular formula is C16H20N4O. The molecule has 0 atom stereocenters. The molecule has 5 nitrogen and oxygen atoms in total. The maximum Gasteiger partial charge on any atom is 0.221 e. The van der Waals surface area contributed by atoms with Crippen molar-refractivity contribution >= 4 is 11.5 Å². The molecule has 0 radical (unpaired) electrons. The Kier molecular flexibility index (Phi) is 3.64. The van der Waals surface area contributed by atoms with Gasteiger partial charge in [-0.1, -0.05) is 18.2 Å². The second-order valence-corrected chi connectivity index (χ2v) is 5.39. The zero-order valence-corrected chi connectivity index (χ0v) is 12.4. The Hall–Kier alpha value is -2.30. The van der Waals surface area contributed by atoms with E-state index in [1.165, 1.54) is 12.8 Å². The van der Waals surface area contributed by atoms with Gasteiger partial charge in [-0.2, -0.15) is 0 Å². The molecule has 1 aromatic carbocycles. The number of rotatable bonds is 5. The Bertz CT molecular complexity index is 640. The van der Waals surface area contributed by atoms with E-state index in [4.69, 9.17) is 10.5 Å². The Morgan fingerprint density at radius 2 is 2.05 bits per heavy atom. The number of anilines is 2. The van der Waals surface area contributed by atoms with E-state index < -0.39 is 0 Å². The van der Waals surface area contributed by atoms with Gasteiger partial charge in [-0.15, -0.1) is 0 Å². The first kappa shape index (κ1) is 13.7. The Morgan fingerprint density at radius 3 is 2.71 bits per heavy atom. The summed E-state index contributed by atoms with van der Waals surface area (Å²) in [6, 6.07) is 8.51. The molecule has 2 aromatic rings. The summed E-state index contributed by atoms with van der Waals surface area (Å²) in [5.41, 5.74) is 9.00. The van der Waals surface area contributed by atoms with Crippen LogP contribution in [0.1, 0.15) is 24.0 Å². The fourth-order valence-corrected chi connectivity index (χ4v) is 2.55. The van der Waals surface area contributed by atoms with Gasteiger partial charge in [0.2, 0.25) is 5.88 Å². The summed E-state index contributed by atoms with van der Waals surface area (Å²) in [4.78, 5) is 10.9. The van der Waals surface area contributed by atoms with Crippen molar-refractivity contribution in [3.8, 4) is 5.88 Å². The first-order chi connectivity index (χ1) is 10.2. The Labute approximate surface area is 124 Å². The minimum absolute atomic E-state index is 0.530. The lowest BCUT2D eigenvalue weighted by atomic mass is 10.1. The van der Waals surface area contributed by atoms with Crippen LogP contribution < -0.4 is 15.4 Å². The molecule has 0 aliphatic heterocycles. The molecule has 0 saturated heterocycles. The van der Waals surface area contributed by atoms with Crippen molar-refractivity contribution in [3.05, 3.63) is 41.7 Å². The molecule has 0 spiro atoms. The van der Waals surface area contributed by atoms with Crippen LogP contribution in [-0.4, -0.2) is 23.1 Å². The average Bonchev–Trinajstić information content (AvgIpc) is 3.32. The fraction of sp³-hybridized carbons (Fsp3) is 0.375. The molecule has 1 fully saturated rings. The van der Waals surface area contributed by atoms with E-state index in [-0.39, 0.29) is 0 Å². The van der Waals surface area contributed by atoms with Crippen molar-refractivity contribution in [2.75, 3.05) is 17.7 Å². The number of hydrogen-bond acceptors (Lipinski definition) is 5. The molecule has 0 amide bonds. The molecule has 1 saturated carbocycles. The molecule has 1 aliphatic rings. The van der Waals surface area contributed by atoms with Crippen LogP contribution in [0.4, 0.5) is 11.5 Å². The highest BCUT2D eigenvalue weighted by Crippen LogP contribution is 2.35. The average molecular weight is 284 g/mol. The predicted octanol–water partition coefficient (Wildman–Crippen LogP) is 2.54. The normalized spacial score (nSPS) is 14.0. The summed E-state index contributed by atoms with van der Waals surface area (Å²) >= 11 is 0. The van der Waals surface area contributed by atoms with E-state index in [9.17, 15) is 0 Å². The number of nitrogens with two attached hydrogens (primary N) is 1. The summed E-state index contributed by atoms with van der Waals surface area (Å²) in [5.74, 6) is 1.57. The van der Waals surface area contributed by atoms with Crippen LogP contribution >= 0.6 is 0 Å². The van der Waals surface area contributed by atoms with E-state index in [0.717, 1.165) is 29.2 Å². The Morgan fingerprint density at radius 1 is 1.29 bits per heavy atom. The topological polar surface area (TPSA) is 64.3 Å². The smallest absolute Gasteiger partial charge is 0.221 e. The number of nitrogens with zero attached hydrogens (tertiary/aromatic N) is 3. The molecule has 0 unspecified atom stereocenters. The molecular weight excluding hydrogens is 264 g/mol. The van der Waals surface area contributed by atoms with Crippen molar-refractivity contribution in [2.45, 2.75) is 32.4 Å². The maximum atomic E-state index is 6.08. The molecule has 1 heterocycles. The number of aromatic nitrogens is 2. The van der Waals surface area contributed by atoms with Crippen molar-refractivity contribution in [1.29, 1.82) is 0 Å². The molecule has 0 bridgehead atoms. The summed E-state index contributed by atoms with van der Waals surface area (Å²) in [7, 11) is 1.63. The van der Waals surface area contributed by atoms with Gasteiger partial charge in [0, 0.05) is 18.3 Å². The van der Waals surface area contributed by atoms with E-state index in [0.29, 0.717) is 11.9 Å². The lowest BCUT2D eigenvalue weighted by Gasteiger charge is -2.26.